The molecular formula is C9H8ClF2NO2. The SMILES string of the molecule is COc1cc(F)ccc1NC(=O)C(F)Cl. The van der Waals surface area contributed by atoms with Gasteiger partial charge in [0, 0.05) is 6.07 Å². The molecule has 1 unspecified atom stereocenters. The van der Waals surface area contributed by atoms with Crippen molar-refractivity contribution in [1.29, 1.82) is 0 Å². The van der Waals surface area contributed by atoms with Crippen molar-refractivity contribution >= 4 is 23.2 Å². The van der Waals surface area contributed by atoms with E-state index in [4.69, 9.17) is 16.3 Å². The molecule has 6 heteroatoms. The van der Waals surface area contributed by atoms with Crippen LogP contribution in [0.15, 0.2) is 18.2 Å². The van der Waals surface area contributed by atoms with Gasteiger partial charge in [-0.15, -0.1) is 0 Å². The first-order valence-corrected chi connectivity index (χ1v) is 4.41. The van der Waals surface area contributed by atoms with Crippen LogP contribution in [-0.4, -0.2) is 18.6 Å². The first-order valence-electron chi connectivity index (χ1n) is 3.97. The summed E-state index contributed by atoms with van der Waals surface area (Å²) in [6, 6.07) is 3.43. The Hall–Kier alpha value is -1.36. The second-order valence-corrected chi connectivity index (χ2v) is 3.02. The van der Waals surface area contributed by atoms with E-state index in [0.29, 0.717) is 0 Å². The van der Waals surface area contributed by atoms with E-state index in [-0.39, 0.29) is 11.4 Å². The van der Waals surface area contributed by atoms with Crippen molar-refractivity contribution in [1.82, 2.24) is 0 Å². The van der Waals surface area contributed by atoms with Crippen molar-refractivity contribution < 1.29 is 18.3 Å². The third kappa shape index (κ3) is 3.06. The summed E-state index contributed by atoms with van der Waals surface area (Å²) in [7, 11) is 1.30. The van der Waals surface area contributed by atoms with Crippen LogP contribution >= 0.6 is 11.6 Å². The van der Waals surface area contributed by atoms with Gasteiger partial charge in [0.1, 0.15) is 11.6 Å². The number of benzene rings is 1. The maximum Gasteiger partial charge on any atom is 0.274 e. The highest BCUT2D eigenvalue weighted by atomic mass is 35.5. The number of carbonyl (C=O) groups is 1. The lowest BCUT2D eigenvalue weighted by Gasteiger charge is -2.09. The van der Waals surface area contributed by atoms with E-state index in [1.54, 1.807) is 0 Å². The molecule has 0 heterocycles. The van der Waals surface area contributed by atoms with Gasteiger partial charge in [-0.3, -0.25) is 4.79 Å². The average Bonchev–Trinajstić information content (AvgIpc) is 2.20. The van der Waals surface area contributed by atoms with Gasteiger partial charge in [-0.05, 0) is 12.1 Å². The summed E-state index contributed by atoms with van der Waals surface area (Å²) in [4.78, 5) is 10.9. The minimum atomic E-state index is -2.15. The number of methoxy groups -OCH3 is 1. The molecule has 3 nitrogen and oxygen atoms in total. The molecule has 0 aromatic heterocycles. The lowest BCUT2D eigenvalue weighted by molar-refractivity contribution is -0.118. The van der Waals surface area contributed by atoms with Crippen molar-refractivity contribution in [3.63, 3.8) is 0 Å². The van der Waals surface area contributed by atoms with Crippen LogP contribution in [0.5, 0.6) is 5.75 Å². The summed E-state index contributed by atoms with van der Waals surface area (Å²) >= 11 is 4.91. The highest BCUT2D eigenvalue weighted by Gasteiger charge is 2.15. The Morgan fingerprint density at radius 1 is 1.60 bits per heavy atom. The van der Waals surface area contributed by atoms with E-state index in [1.807, 2.05) is 0 Å². The van der Waals surface area contributed by atoms with E-state index in [1.165, 1.54) is 13.2 Å². The molecule has 15 heavy (non-hydrogen) atoms. The molecule has 1 aromatic carbocycles. The minimum absolute atomic E-state index is 0.0978. The van der Waals surface area contributed by atoms with Crippen molar-refractivity contribution in [3.8, 4) is 5.75 Å². The van der Waals surface area contributed by atoms with Gasteiger partial charge in [0.15, 0.2) is 0 Å². The predicted octanol–water partition coefficient (Wildman–Crippen LogP) is 2.31. The van der Waals surface area contributed by atoms with Crippen LogP contribution < -0.4 is 10.1 Å². The largest absolute Gasteiger partial charge is 0.494 e. The van der Waals surface area contributed by atoms with Crippen molar-refractivity contribution in [2.45, 2.75) is 5.63 Å². The van der Waals surface area contributed by atoms with Crippen LogP contribution in [0.2, 0.25) is 0 Å². The first kappa shape index (κ1) is 11.7. The molecule has 1 N–H and O–H groups in total. The molecule has 0 fully saturated rings. The molecule has 1 atom stereocenters. The molecule has 0 spiro atoms. The van der Waals surface area contributed by atoms with Gasteiger partial charge in [-0.2, -0.15) is 0 Å². The number of anilines is 1. The maximum absolute atomic E-state index is 12.7. The summed E-state index contributed by atoms with van der Waals surface area (Å²) < 4.78 is 29.9. The molecule has 1 aromatic rings. The van der Waals surface area contributed by atoms with Crippen molar-refractivity contribution in [3.05, 3.63) is 24.0 Å². The number of rotatable bonds is 3. The topological polar surface area (TPSA) is 38.3 Å². The monoisotopic (exact) mass is 235 g/mol. The van der Waals surface area contributed by atoms with Gasteiger partial charge in [0.05, 0.1) is 12.8 Å². The van der Waals surface area contributed by atoms with Crippen LogP contribution in [0.25, 0.3) is 0 Å². The number of hydrogen-bond acceptors (Lipinski definition) is 2. The fourth-order valence-corrected chi connectivity index (χ4v) is 1.01. The molecular weight excluding hydrogens is 228 g/mol. The second-order valence-electron chi connectivity index (χ2n) is 2.63. The Balaban J connectivity index is 2.89. The van der Waals surface area contributed by atoms with E-state index < -0.39 is 17.4 Å². The van der Waals surface area contributed by atoms with Crippen LogP contribution in [-0.2, 0) is 4.79 Å². The second kappa shape index (κ2) is 4.93. The highest BCUT2D eigenvalue weighted by Crippen LogP contribution is 2.25. The molecule has 0 saturated heterocycles. The Labute approximate surface area is 90.0 Å². The number of carbonyl (C=O) groups excluding carboxylic acids is 1. The molecule has 1 amide bonds. The number of amides is 1. The Morgan fingerprint density at radius 3 is 2.80 bits per heavy atom. The van der Waals surface area contributed by atoms with Crippen molar-refractivity contribution in [2.24, 2.45) is 0 Å². The smallest absolute Gasteiger partial charge is 0.274 e. The number of alkyl halides is 2. The normalized spacial score (nSPS) is 12.0. The standard InChI is InChI=1S/C9H8ClF2NO2/c1-15-7-4-5(11)2-3-6(7)13-9(14)8(10)12/h2-4,8H,1H3,(H,13,14). The highest BCUT2D eigenvalue weighted by molar-refractivity contribution is 6.31. The Morgan fingerprint density at radius 2 is 2.27 bits per heavy atom. The Kier molecular flexibility index (Phi) is 3.85. The first-order chi connectivity index (χ1) is 7.04. The lowest BCUT2D eigenvalue weighted by Crippen LogP contribution is -2.19. The fourth-order valence-electron chi connectivity index (χ4n) is 0.956. The van der Waals surface area contributed by atoms with Crippen LogP contribution in [0, 0.1) is 5.82 Å². The zero-order valence-electron chi connectivity index (χ0n) is 7.76. The van der Waals surface area contributed by atoms with Crippen LogP contribution in [0.4, 0.5) is 14.5 Å². The van der Waals surface area contributed by atoms with Gasteiger partial charge in [-0.1, -0.05) is 11.6 Å². The predicted molar refractivity (Wildman–Crippen MR) is 52.3 cm³/mol. The summed E-state index contributed by atoms with van der Waals surface area (Å²) in [5.41, 5.74) is -1.99. The minimum Gasteiger partial charge on any atom is -0.494 e. The van der Waals surface area contributed by atoms with Gasteiger partial charge < -0.3 is 10.1 Å². The van der Waals surface area contributed by atoms with E-state index in [0.717, 1.165) is 12.1 Å². The van der Waals surface area contributed by atoms with E-state index in [2.05, 4.69) is 5.32 Å². The molecule has 0 radical (unpaired) electrons. The molecule has 0 bridgehead atoms. The number of halogens is 3. The molecule has 0 aliphatic heterocycles. The zero-order valence-corrected chi connectivity index (χ0v) is 8.52. The van der Waals surface area contributed by atoms with E-state index in [9.17, 15) is 13.6 Å². The van der Waals surface area contributed by atoms with Crippen LogP contribution in [0.1, 0.15) is 0 Å². The van der Waals surface area contributed by atoms with Gasteiger partial charge in [0.2, 0.25) is 0 Å². The third-order valence-electron chi connectivity index (χ3n) is 1.62. The summed E-state index contributed by atoms with van der Waals surface area (Å²) in [5.74, 6) is -1.45. The molecule has 82 valence electrons. The molecule has 0 aliphatic carbocycles. The summed E-state index contributed by atoms with van der Waals surface area (Å²) in [5, 5.41) is 2.15. The fraction of sp³-hybridized carbons (Fsp3) is 0.222. The molecule has 1 rings (SSSR count). The van der Waals surface area contributed by atoms with Gasteiger partial charge in [0.25, 0.3) is 11.5 Å². The van der Waals surface area contributed by atoms with Gasteiger partial charge >= 0.3 is 0 Å². The molecule has 0 aliphatic rings. The number of nitrogens with one attached hydrogen (secondary N) is 1. The van der Waals surface area contributed by atoms with Crippen molar-refractivity contribution in [2.75, 3.05) is 12.4 Å². The summed E-state index contributed by atoms with van der Waals surface area (Å²) in [6.07, 6.45) is 0. The lowest BCUT2D eigenvalue weighted by atomic mass is 10.3. The van der Waals surface area contributed by atoms with E-state index >= 15 is 0 Å². The zero-order chi connectivity index (χ0) is 11.4. The average molecular weight is 236 g/mol. The Bertz CT molecular complexity index is 371. The number of hydrogen-bond donors (Lipinski definition) is 1. The molecule has 0 saturated carbocycles. The quantitative estimate of drug-likeness (QED) is 0.817. The van der Waals surface area contributed by atoms with Crippen LogP contribution in [0.3, 0.4) is 0 Å². The summed E-state index contributed by atoms with van der Waals surface area (Å²) in [6.45, 7) is 0. The maximum atomic E-state index is 12.7. The van der Waals surface area contributed by atoms with Gasteiger partial charge in [-0.25, -0.2) is 8.78 Å². The third-order valence-corrected chi connectivity index (χ3v) is 1.82. The number of ether oxygens (including phenoxy) is 1.